The topological polar surface area (TPSA) is 30.0 Å². The van der Waals surface area contributed by atoms with Gasteiger partial charge >= 0.3 is 0 Å². The first-order chi connectivity index (χ1) is 6.63. The first kappa shape index (κ1) is 11.4. The highest BCUT2D eigenvalue weighted by Gasteiger charge is 2.13. The molecule has 1 unspecified atom stereocenters. The number of hydrogen-bond acceptors (Lipinski definition) is 3. The predicted molar refractivity (Wildman–Crippen MR) is 59.6 cm³/mol. The fraction of sp³-hybridized carbons (Fsp3) is 0.636. The molecule has 0 fully saturated rings. The molecule has 2 nitrogen and oxygen atoms in total. The average Bonchev–Trinajstić information content (AvgIpc) is 2.51. The van der Waals surface area contributed by atoms with Crippen LogP contribution >= 0.6 is 11.3 Å². The summed E-state index contributed by atoms with van der Waals surface area (Å²) in [6, 6.07) is 0. The molecule has 0 spiro atoms. The summed E-state index contributed by atoms with van der Waals surface area (Å²) in [6.45, 7) is 6.07. The summed E-state index contributed by atoms with van der Waals surface area (Å²) in [4.78, 5) is 16.0. The number of carbonyl (C=O) groups excluding carboxylic acids is 1. The number of ketones is 1. The molecule has 0 aromatic carbocycles. The fourth-order valence-corrected chi connectivity index (χ4v) is 2.18. The maximum absolute atomic E-state index is 11.7. The van der Waals surface area contributed by atoms with Crippen molar-refractivity contribution >= 4 is 17.1 Å². The van der Waals surface area contributed by atoms with E-state index in [4.69, 9.17) is 0 Å². The predicted octanol–water partition coefficient (Wildman–Crippen LogP) is 3.00. The van der Waals surface area contributed by atoms with Gasteiger partial charge < -0.3 is 0 Å². The van der Waals surface area contributed by atoms with E-state index < -0.39 is 0 Å². The molecule has 1 atom stereocenters. The zero-order valence-electron chi connectivity index (χ0n) is 9.04. The van der Waals surface area contributed by atoms with Crippen molar-refractivity contribution in [1.29, 1.82) is 0 Å². The second-order valence-electron chi connectivity index (χ2n) is 3.72. The third-order valence-electron chi connectivity index (χ3n) is 2.26. The Hall–Kier alpha value is -0.700. The van der Waals surface area contributed by atoms with Crippen LogP contribution in [0.25, 0.3) is 0 Å². The minimum atomic E-state index is 0.184. The van der Waals surface area contributed by atoms with Gasteiger partial charge in [0.1, 0.15) is 10.8 Å². The quantitative estimate of drug-likeness (QED) is 0.749. The molecular formula is C11H17NOS. The monoisotopic (exact) mass is 211 g/mol. The average molecular weight is 211 g/mol. The minimum absolute atomic E-state index is 0.184. The molecule has 78 valence electrons. The van der Waals surface area contributed by atoms with E-state index in [0.29, 0.717) is 12.2 Å². The maximum Gasteiger partial charge on any atom is 0.142 e. The number of thiazole rings is 1. The summed E-state index contributed by atoms with van der Waals surface area (Å²) < 4.78 is 0. The molecule has 0 aliphatic carbocycles. The minimum Gasteiger partial charge on any atom is -0.299 e. The number of carbonyl (C=O) groups is 1. The summed E-state index contributed by atoms with van der Waals surface area (Å²) in [5.74, 6) is 0.505. The van der Waals surface area contributed by atoms with E-state index >= 15 is 0 Å². The fourth-order valence-electron chi connectivity index (χ4n) is 1.40. The van der Waals surface area contributed by atoms with Crippen LogP contribution in [0.15, 0.2) is 5.38 Å². The van der Waals surface area contributed by atoms with Crippen molar-refractivity contribution in [2.24, 2.45) is 5.92 Å². The Kier molecular flexibility index (Phi) is 4.26. The highest BCUT2D eigenvalue weighted by atomic mass is 32.1. The zero-order chi connectivity index (χ0) is 10.6. The van der Waals surface area contributed by atoms with Crippen molar-refractivity contribution in [2.45, 2.75) is 40.0 Å². The number of aromatic nitrogens is 1. The van der Waals surface area contributed by atoms with E-state index in [2.05, 4.69) is 11.9 Å². The Bertz CT molecular complexity index is 306. The van der Waals surface area contributed by atoms with Crippen molar-refractivity contribution in [2.75, 3.05) is 0 Å². The van der Waals surface area contributed by atoms with Crippen LogP contribution < -0.4 is 0 Å². The Morgan fingerprint density at radius 2 is 2.36 bits per heavy atom. The lowest BCUT2D eigenvalue weighted by molar-refractivity contribution is -0.121. The largest absolute Gasteiger partial charge is 0.299 e. The van der Waals surface area contributed by atoms with Crippen LogP contribution in [-0.2, 0) is 11.2 Å². The summed E-state index contributed by atoms with van der Waals surface area (Å²) in [5.41, 5.74) is 1.01. The lowest BCUT2D eigenvalue weighted by Crippen LogP contribution is -2.13. The van der Waals surface area contributed by atoms with Gasteiger partial charge in [-0.25, -0.2) is 4.98 Å². The van der Waals surface area contributed by atoms with Gasteiger partial charge in [0.2, 0.25) is 0 Å². The second kappa shape index (κ2) is 5.25. The summed E-state index contributed by atoms with van der Waals surface area (Å²) in [6.07, 6.45) is 2.58. The van der Waals surface area contributed by atoms with Crippen LogP contribution in [0.5, 0.6) is 0 Å². The van der Waals surface area contributed by atoms with E-state index in [9.17, 15) is 4.79 Å². The second-order valence-corrected chi connectivity index (χ2v) is 4.66. The van der Waals surface area contributed by atoms with Gasteiger partial charge in [0, 0.05) is 17.0 Å². The van der Waals surface area contributed by atoms with Crippen molar-refractivity contribution in [3.05, 3.63) is 16.1 Å². The Balaban J connectivity index is 2.48. The Morgan fingerprint density at radius 3 is 2.86 bits per heavy atom. The lowest BCUT2D eigenvalue weighted by Gasteiger charge is -2.06. The molecule has 14 heavy (non-hydrogen) atoms. The van der Waals surface area contributed by atoms with Crippen LogP contribution in [0.2, 0.25) is 0 Å². The molecule has 0 amide bonds. The van der Waals surface area contributed by atoms with Gasteiger partial charge in [-0.3, -0.25) is 4.79 Å². The molecule has 0 aliphatic rings. The van der Waals surface area contributed by atoms with E-state index in [1.807, 2.05) is 19.2 Å². The molecule has 0 bridgehead atoms. The smallest absolute Gasteiger partial charge is 0.142 e. The molecule has 1 rings (SSSR count). The van der Waals surface area contributed by atoms with Crippen molar-refractivity contribution in [3.63, 3.8) is 0 Å². The SMILES string of the molecule is CCCC(C)C(=O)Cc1nc(C)cs1. The standard InChI is InChI=1S/C11H17NOS/c1-4-5-8(2)10(13)6-11-12-9(3)7-14-11/h7-8H,4-6H2,1-3H3. The Labute approximate surface area is 89.4 Å². The number of hydrogen-bond donors (Lipinski definition) is 0. The van der Waals surface area contributed by atoms with Gasteiger partial charge in [0.25, 0.3) is 0 Å². The molecule has 0 N–H and O–H groups in total. The van der Waals surface area contributed by atoms with E-state index in [1.165, 1.54) is 0 Å². The van der Waals surface area contributed by atoms with Gasteiger partial charge in [-0.15, -0.1) is 11.3 Å². The number of rotatable bonds is 5. The van der Waals surface area contributed by atoms with Gasteiger partial charge in [0.15, 0.2) is 0 Å². The molecule has 0 radical (unpaired) electrons. The number of aryl methyl sites for hydroxylation is 1. The van der Waals surface area contributed by atoms with Gasteiger partial charge in [-0.1, -0.05) is 20.3 Å². The Morgan fingerprint density at radius 1 is 1.64 bits per heavy atom. The summed E-state index contributed by atoms with van der Waals surface area (Å²) in [7, 11) is 0. The third-order valence-corrected chi connectivity index (χ3v) is 3.23. The molecule has 1 aromatic heterocycles. The normalized spacial score (nSPS) is 12.8. The van der Waals surface area contributed by atoms with E-state index in [0.717, 1.165) is 23.5 Å². The van der Waals surface area contributed by atoms with Crippen LogP contribution in [0.3, 0.4) is 0 Å². The van der Waals surface area contributed by atoms with Crippen LogP contribution in [0.4, 0.5) is 0 Å². The molecule has 1 aromatic rings. The molecule has 0 aliphatic heterocycles. The summed E-state index contributed by atoms with van der Waals surface area (Å²) in [5, 5.41) is 2.95. The summed E-state index contributed by atoms with van der Waals surface area (Å²) >= 11 is 1.58. The van der Waals surface area contributed by atoms with E-state index in [1.54, 1.807) is 11.3 Å². The molecule has 1 heterocycles. The van der Waals surface area contributed by atoms with Gasteiger partial charge in [0.05, 0.1) is 6.42 Å². The molecular weight excluding hydrogens is 194 g/mol. The van der Waals surface area contributed by atoms with Gasteiger partial charge in [-0.05, 0) is 13.3 Å². The zero-order valence-corrected chi connectivity index (χ0v) is 9.86. The maximum atomic E-state index is 11.7. The highest BCUT2D eigenvalue weighted by molar-refractivity contribution is 7.09. The number of nitrogens with zero attached hydrogens (tertiary/aromatic N) is 1. The van der Waals surface area contributed by atoms with Crippen molar-refractivity contribution < 1.29 is 4.79 Å². The van der Waals surface area contributed by atoms with Crippen molar-refractivity contribution in [1.82, 2.24) is 4.98 Å². The van der Waals surface area contributed by atoms with Crippen LogP contribution in [0.1, 0.15) is 37.4 Å². The van der Waals surface area contributed by atoms with Crippen LogP contribution in [0, 0.1) is 12.8 Å². The molecule has 0 saturated heterocycles. The van der Waals surface area contributed by atoms with Crippen LogP contribution in [-0.4, -0.2) is 10.8 Å². The first-order valence-corrected chi connectivity index (χ1v) is 5.95. The third kappa shape index (κ3) is 3.22. The molecule has 0 saturated carbocycles. The first-order valence-electron chi connectivity index (χ1n) is 5.07. The number of Topliss-reactive ketones (excluding diaryl/α,β-unsaturated/α-hetero) is 1. The van der Waals surface area contributed by atoms with E-state index in [-0.39, 0.29) is 5.92 Å². The van der Waals surface area contributed by atoms with Gasteiger partial charge in [-0.2, -0.15) is 0 Å². The molecule has 3 heteroatoms. The van der Waals surface area contributed by atoms with Crippen molar-refractivity contribution in [3.8, 4) is 0 Å². The lowest BCUT2D eigenvalue weighted by atomic mass is 9.99. The highest BCUT2D eigenvalue weighted by Crippen LogP contribution is 2.14.